The van der Waals surface area contributed by atoms with Crippen molar-refractivity contribution in [2.24, 2.45) is 0 Å². The van der Waals surface area contributed by atoms with Crippen LogP contribution in [0.1, 0.15) is 15.9 Å². The van der Waals surface area contributed by atoms with Crippen LogP contribution in [0.4, 0.5) is 4.39 Å². The first-order valence-corrected chi connectivity index (χ1v) is 8.43. The second-order valence-corrected chi connectivity index (χ2v) is 6.49. The Balaban J connectivity index is 2.17. The van der Waals surface area contributed by atoms with Gasteiger partial charge in [-0.1, -0.05) is 29.3 Å². The molecule has 0 aliphatic heterocycles. The molecule has 0 saturated carbocycles. The van der Waals surface area contributed by atoms with Gasteiger partial charge in [-0.05, 0) is 42.5 Å². The molecule has 2 aromatic carbocycles. The van der Waals surface area contributed by atoms with Crippen LogP contribution in [-0.2, 0) is 4.79 Å². The topological polar surface area (TPSA) is 54.4 Å². The minimum absolute atomic E-state index is 0.145. The zero-order chi connectivity index (χ0) is 17.7. The highest BCUT2D eigenvalue weighted by Gasteiger charge is 2.10. The van der Waals surface area contributed by atoms with Crippen molar-refractivity contribution in [3.8, 4) is 0 Å². The number of hydrogen-bond donors (Lipinski definition) is 1. The van der Waals surface area contributed by atoms with Crippen LogP contribution in [0, 0.1) is 5.82 Å². The molecule has 0 saturated heterocycles. The molecule has 124 valence electrons. The standard InChI is InChI=1S/C17H11Cl2FO3S/c18-12-2-1-3-13(19)11(12)5-6-15(21)10-4-7-16(14(20)8-10)24-9-17(22)23/h1-8H,9H2,(H,22,23)/b6-5+. The molecule has 0 aromatic heterocycles. The number of thioether (sulfide) groups is 1. The second-order valence-electron chi connectivity index (χ2n) is 4.66. The Morgan fingerprint density at radius 2 is 1.83 bits per heavy atom. The van der Waals surface area contributed by atoms with Crippen LogP contribution in [0.2, 0.25) is 10.0 Å². The van der Waals surface area contributed by atoms with Gasteiger partial charge >= 0.3 is 5.97 Å². The smallest absolute Gasteiger partial charge is 0.313 e. The Morgan fingerprint density at radius 1 is 1.17 bits per heavy atom. The first kappa shape index (κ1) is 18.5. The maximum absolute atomic E-state index is 13.9. The van der Waals surface area contributed by atoms with Gasteiger partial charge in [-0.25, -0.2) is 4.39 Å². The highest BCUT2D eigenvalue weighted by Crippen LogP contribution is 2.26. The van der Waals surface area contributed by atoms with Crippen LogP contribution >= 0.6 is 35.0 Å². The third kappa shape index (κ3) is 4.84. The van der Waals surface area contributed by atoms with Crippen molar-refractivity contribution in [3.05, 3.63) is 69.5 Å². The predicted octanol–water partition coefficient (Wildman–Crippen LogP) is 5.21. The van der Waals surface area contributed by atoms with Crippen molar-refractivity contribution in [1.29, 1.82) is 0 Å². The second kappa shape index (κ2) is 8.33. The number of allylic oxidation sites excluding steroid dienone is 1. The van der Waals surface area contributed by atoms with Crippen LogP contribution < -0.4 is 0 Å². The van der Waals surface area contributed by atoms with Gasteiger partial charge in [0.15, 0.2) is 5.78 Å². The molecule has 0 radical (unpaired) electrons. The Bertz CT molecular complexity index is 801. The molecule has 2 aromatic rings. The van der Waals surface area contributed by atoms with Crippen LogP contribution in [0.25, 0.3) is 6.08 Å². The SMILES string of the molecule is O=C(O)CSc1ccc(C(=O)/C=C/c2c(Cl)cccc2Cl)cc1F. The van der Waals surface area contributed by atoms with Crippen LogP contribution in [0.3, 0.4) is 0 Å². The summed E-state index contributed by atoms with van der Waals surface area (Å²) in [4.78, 5) is 22.8. The third-order valence-corrected chi connectivity index (χ3v) is 4.66. The molecule has 0 aliphatic carbocycles. The number of ketones is 1. The number of halogens is 3. The van der Waals surface area contributed by atoms with Gasteiger partial charge in [0, 0.05) is 26.1 Å². The summed E-state index contributed by atoms with van der Waals surface area (Å²) in [6.45, 7) is 0. The van der Waals surface area contributed by atoms with E-state index in [1.807, 2.05) is 0 Å². The van der Waals surface area contributed by atoms with Gasteiger partial charge in [0.25, 0.3) is 0 Å². The van der Waals surface area contributed by atoms with E-state index in [4.69, 9.17) is 28.3 Å². The summed E-state index contributed by atoms with van der Waals surface area (Å²) in [5.41, 5.74) is 0.648. The van der Waals surface area contributed by atoms with E-state index in [2.05, 4.69) is 0 Å². The van der Waals surface area contributed by atoms with E-state index in [9.17, 15) is 14.0 Å². The van der Waals surface area contributed by atoms with E-state index >= 15 is 0 Å². The van der Waals surface area contributed by atoms with Crippen LogP contribution in [-0.4, -0.2) is 22.6 Å². The lowest BCUT2D eigenvalue weighted by Gasteiger charge is -2.03. The minimum atomic E-state index is -1.04. The molecule has 24 heavy (non-hydrogen) atoms. The molecular formula is C17H11Cl2FO3S. The van der Waals surface area contributed by atoms with Gasteiger partial charge in [-0.15, -0.1) is 11.8 Å². The van der Waals surface area contributed by atoms with Gasteiger partial charge in [-0.3, -0.25) is 9.59 Å². The first-order valence-electron chi connectivity index (χ1n) is 6.69. The molecule has 7 heteroatoms. The average molecular weight is 385 g/mol. The number of aliphatic carboxylic acids is 1. The highest BCUT2D eigenvalue weighted by atomic mass is 35.5. The Morgan fingerprint density at radius 3 is 2.42 bits per heavy atom. The third-order valence-electron chi connectivity index (χ3n) is 2.97. The van der Waals surface area contributed by atoms with Gasteiger partial charge in [0.2, 0.25) is 0 Å². The molecule has 0 fully saturated rings. The van der Waals surface area contributed by atoms with E-state index in [-0.39, 0.29) is 16.2 Å². The lowest BCUT2D eigenvalue weighted by Crippen LogP contribution is -2.00. The molecule has 1 N–H and O–H groups in total. The Labute approximate surface area is 152 Å². The van der Waals surface area contributed by atoms with Crippen molar-refractivity contribution in [2.75, 3.05) is 5.75 Å². The van der Waals surface area contributed by atoms with Gasteiger partial charge in [0.05, 0.1) is 5.75 Å². The molecule has 0 amide bonds. The zero-order valence-corrected chi connectivity index (χ0v) is 14.5. The largest absolute Gasteiger partial charge is 0.481 e. The summed E-state index contributed by atoms with van der Waals surface area (Å²) in [6, 6.07) is 8.87. The molecule has 0 bridgehead atoms. The van der Waals surface area contributed by atoms with Crippen LogP contribution in [0.15, 0.2) is 47.4 Å². The lowest BCUT2D eigenvalue weighted by atomic mass is 10.1. The van der Waals surface area contributed by atoms with E-state index in [0.717, 1.165) is 17.8 Å². The fraction of sp³-hybridized carbons (Fsp3) is 0.0588. The molecule has 0 atom stereocenters. The zero-order valence-electron chi connectivity index (χ0n) is 12.1. The normalized spacial score (nSPS) is 11.0. The maximum Gasteiger partial charge on any atom is 0.313 e. The maximum atomic E-state index is 13.9. The molecule has 0 spiro atoms. The van der Waals surface area contributed by atoms with Crippen molar-refractivity contribution >= 4 is 52.8 Å². The molecule has 0 aliphatic rings. The quantitative estimate of drug-likeness (QED) is 0.422. The number of carboxylic acid groups (broad SMARTS) is 1. The van der Waals surface area contributed by atoms with E-state index in [0.29, 0.717) is 15.6 Å². The highest BCUT2D eigenvalue weighted by molar-refractivity contribution is 8.00. The number of hydrogen-bond acceptors (Lipinski definition) is 3. The summed E-state index contributed by atoms with van der Waals surface area (Å²) >= 11 is 12.9. The van der Waals surface area contributed by atoms with E-state index in [1.54, 1.807) is 18.2 Å². The van der Waals surface area contributed by atoms with Gasteiger partial charge < -0.3 is 5.11 Å². The van der Waals surface area contributed by atoms with E-state index < -0.39 is 17.6 Å². The molecule has 0 heterocycles. The monoisotopic (exact) mass is 384 g/mol. The number of carbonyl (C=O) groups excluding carboxylic acids is 1. The fourth-order valence-electron chi connectivity index (χ4n) is 1.84. The van der Waals surface area contributed by atoms with Gasteiger partial charge in [-0.2, -0.15) is 0 Å². The predicted molar refractivity (Wildman–Crippen MR) is 94.6 cm³/mol. The van der Waals surface area contributed by atoms with Crippen molar-refractivity contribution in [3.63, 3.8) is 0 Å². The van der Waals surface area contributed by atoms with Crippen molar-refractivity contribution in [1.82, 2.24) is 0 Å². The summed E-state index contributed by atoms with van der Waals surface area (Å²) in [7, 11) is 0. The Kier molecular flexibility index (Phi) is 6.43. The molecule has 2 rings (SSSR count). The van der Waals surface area contributed by atoms with Crippen LogP contribution in [0.5, 0.6) is 0 Å². The average Bonchev–Trinajstić information content (AvgIpc) is 2.52. The first-order chi connectivity index (χ1) is 11.4. The number of rotatable bonds is 6. The number of benzene rings is 2. The van der Waals surface area contributed by atoms with Gasteiger partial charge in [0.1, 0.15) is 5.82 Å². The molecular weight excluding hydrogens is 374 g/mol. The summed E-state index contributed by atoms with van der Waals surface area (Å²) in [5.74, 6) is -2.36. The summed E-state index contributed by atoms with van der Waals surface area (Å²) in [5, 5.41) is 9.41. The number of carbonyl (C=O) groups is 2. The molecule has 0 unspecified atom stereocenters. The van der Waals surface area contributed by atoms with Crippen molar-refractivity contribution < 1.29 is 19.1 Å². The Hall–Kier alpha value is -1.82. The van der Waals surface area contributed by atoms with Crippen molar-refractivity contribution in [2.45, 2.75) is 4.90 Å². The molecule has 3 nitrogen and oxygen atoms in total. The summed E-state index contributed by atoms with van der Waals surface area (Å²) < 4.78 is 13.9. The fourth-order valence-corrected chi connectivity index (χ4v) is 3.00. The number of carboxylic acids is 1. The summed E-state index contributed by atoms with van der Waals surface area (Å²) in [6.07, 6.45) is 2.73. The lowest BCUT2D eigenvalue weighted by molar-refractivity contribution is -0.133. The van der Waals surface area contributed by atoms with E-state index in [1.165, 1.54) is 24.3 Å². The minimum Gasteiger partial charge on any atom is -0.481 e.